The van der Waals surface area contributed by atoms with Gasteiger partial charge in [-0.3, -0.25) is 0 Å². The van der Waals surface area contributed by atoms with E-state index in [-0.39, 0.29) is 6.04 Å². The highest BCUT2D eigenvalue weighted by atomic mass is 35.5. The van der Waals surface area contributed by atoms with Crippen LogP contribution in [0.15, 0.2) is 18.2 Å². The predicted octanol–water partition coefficient (Wildman–Crippen LogP) is 1.99. The van der Waals surface area contributed by atoms with Crippen LogP contribution in [0.25, 0.3) is 0 Å². The second kappa shape index (κ2) is 5.35. The van der Waals surface area contributed by atoms with Crippen molar-refractivity contribution in [1.29, 1.82) is 0 Å². The molecule has 15 heavy (non-hydrogen) atoms. The zero-order valence-electron chi connectivity index (χ0n) is 9.12. The number of hydrogen-bond donors (Lipinski definition) is 2. The molecule has 0 amide bonds. The third kappa shape index (κ3) is 2.84. The number of benzene rings is 1. The van der Waals surface area contributed by atoms with Crippen LogP contribution in [-0.2, 0) is 0 Å². The van der Waals surface area contributed by atoms with E-state index in [1.54, 1.807) is 26.3 Å². The maximum absolute atomic E-state index is 9.92. The van der Waals surface area contributed by atoms with Crippen LogP contribution >= 0.6 is 11.6 Å². The van der Waals surface area contributed by atoms with E-state index in [0.717, 1.165) is 5.56 Å². The number of methoxy groups -OCH3 is 1. The van der Waals surface area contributed by atoms with Crippen molar-refractivity contribution in [2.24, 2.45) is 0 Å². The molecule has 2 N–H and O–H groups in total. The first-order valence-corrected chi connectivity index (χ1v) is 5.16. The van der Waals surface area contributed by atoms with Crippen LogP contribution in [0, 0.1) is 0 Å². The van der Waals surface area contributed by atoms with Crippen LogP contribution in [0.1, 0.15) is 18.6 Å². The summed E-state index contributed by atoms with van der Waals surface area (Å²) in [5.74, 6) is 0.615. The Hall–Kier alpha value is -0.770. The normalized spacial score (nSPS) is 14.7. The molecule has 2 atom stereocenters. The van der Waals surface area contributed by atoms with Crippen molar-refractivity contribution in [2.75, 3.05) is 14.2 Å². The molecular weight excluding hydrogens is 214 g/mol. The third-order valence-corrected chi connectivity index (χ3v) is 2.74. The minimum Gasteiger partial charge on any atom is -0.495 e. The lowest BCUT2D eigenvalue weighted by molar-refractivity contribution is 0.140. The molecule has 1 aromatic rings. The predicted molar refractivity (Wildman–Crippen MR) is 61.5 cm³/mol. The highest BCUT2D eigenvalue weighted by Crippen LogP contribution is 2.28. The summed E-state index contributed by atoms with van der Waals surface area (Å²) in [6, 6.07) is 5.26. The fraction of sp³-hybridized carbons (Fsp3) is 0.455. The molecule has 2 unspecified atom stereocenters. The van der Waals surface area contributed by atoms with E-state index >= 15 is 0 Å². The quantitative estimate of drug-likeness (QED) is 0.830. The zero-order valence-corrected chi connectivity index (χ0v) is 9.88. The van der Waals surface area contributed by atoms with Gasteiger partial charge in [-0.1, -0.05) is 17.7 Å². The van der Waals surface area contributed by atoms with Crippen molar-refractivity contribution in [3.05, 3.63) is 28.8 Å². The SMILES string of the molecule is CNC(C)C(O)c1ccc(OC)c(Cl)c1. The molecule has 1 aromatic carbocycles. The molecule has 84 valence electrons. The molecular formula is C11H16ClNO2. The van der Waals surface area contributed by atoms with E-state index in [4.69, 9.17) is 16.3 Å². The average Bonchev–Trinajstić information content (AvgIpc) is 2.26. The molecule has 0 aliphatic heterocycles. The number of halogens is 1. The number of nitrogens with one attached hydrogen (secondary N) is 1. The van der Waals surface area contributed by atoms with Crippen LogP contribution in [0.3, 0.4) is 0 Å². The highest BCUT2D eigenvalue weighted by molar-refractivity contribution is 6.32. The lowest BCUT2D eigenvalue weighted by Gasteiger charge is -2.19. The van der Waals surface area contributed by atoms with Gasteiger partial charge in [-0.2, -0.15) is 0 Å². The van der Waals surface area contributed by atoms with E-state index in [1.165, 1.54) is 0 Å². The summed E-state index contributed by atoms with van der Waals surface area (Å²) in [6.07, 6.45) is -0.571. The van der Waals surface area contributed by atoms with E-state index < -0.39 is 6.10 Å². The van der Waals surface area contributed by atoms with Gasteiger partial charge in [0.1, 0.15) is 5.75 Å². The summed E-state index contributed by atoms with van der Waals surface area (Å²) in [7, 11) is 3.37. The van der Waals surface area contributed by atoms with E-state index in [1.807, 2.05) is 13.0 Å². The summed E-state index contributed by atoms with van der Waals surface area (Å²) in [4.78, 5) is 0. The van der Waals surface area contributed by atoms with Gasteiger partial charge in [-0.05, 0) is 31.7 Å². The Bertz CT molecular complexity index is 330. The van der Waals surface area contributed by atoms with Gasteiger partial charge in [0.15, 0.2) is 0 Å². The van der Waals surface area contributed by atoms with E-state index in [0.29, 0.717) is 10.8 Å². The molecule has 0 bridgehead atoms. The molecule has 3 nitrogen and oxygen atoms in total. The Kier molecular flexibility index (Phi) is 4.39. The first-order chi connectivity index (χ1) is 7.10. The molecule has 4 heteroatoms. The molecule has 0 radical (unpaired) electrons. The molecule has 0 spiro atoms. The Labute approximate surface area is 95.0 Å². The number of rotatable bonds is 4. The number of likely N-dealkylation sites (N-methyl/N-ethyl adjacent to an activating group) is 1. The van der Waals surface area contributed by atoms with Crippen molar-refractivity contribution < 1.29 is 9.84 Å². The standard InChI is InChI=1S/C11H16ClNO2/c1-7(13-2)11(14)8-4-5-10(15-3)9(12)6-8/h4-7,11,13-14H,1-3H3. The molecule has 1 rings (SSSR count). The molecule has 0 aliphatic carbocycles. The van der Waals surface area contributed by atoms with Gasteiger partial charge in [0.05, 0.1) is 18.2 Å². The lowest BCUT2D eigenvalue weighted by Crippen LogP contribution is -2.28. The monoisotopic (exact) mass is 229 g/mol. The van der Waals surface area contributed by atoms with Crippen molar-refractivity contribution in [2.45, 2.75) is 19.1 Å². The van der Waals surface area contributed by atoms with Crippen LogP contribution in [0.2, 0.25) is 5.02 Å². The summed E-state index contributed by atoms with van der Waals surface area (Å²) in [5.41, 5.74) is 0.780. The van der Waals surface area contributed by atoms with E-state index in [2.05, 4.69) is 5.32 Å². The van der Waals surface area contributed by atoms with Crippen molar-refractivity contribution >= 4 is 11.6 Å². The zero-order chi connectivity index (χ0) is 11.4. The number of hydrogen-bond acceptors (Lipinski definition) is 3. The molecule has 0 heterocycles. The highest BCUT2D eigenvalue weighted by Gasteiger charge is 2.15. The molecule has 0 saturated heterocycles. The molecule has 0 aromatic heterocycles. The fourth-order valence-corrected chi connectivity index (χ4v) is 1.58. The minimum atomic E-state index is -0.571. The summed E-state index contributed by atoms with van der Waals surface area (Å²) in [6.45, 7) is 1.91. The largest absolute Gasteiger partial charge is 0.495 e. The molecule has 0 saturated carbocycles. The minimum absolute atomic E-state index is 0.0190. The molecule has 0 aliphatic rings. The Balaban J connectivity index is 2.92. The average molecular weight is 230 g/mol. The summed E-state index contributed by atoms with van der Waals surface area (Å²) >= 11 is 5.96. The topological polar surface area (TPSA) is 41.5 Å². The lowest BCUT2D eigenvalue weighted by atomic mass is 10.0. The van der Waals surface area contributed by atoms with Gasteiger partial charge in [0, 0.05) is 6.04 Å². The Morgan fingerprint density at radius 3 is 2.60 bits per heavy atom. The maximum atomic E-state index is 9.92. The summed E-state index contributed by atoms with van der Waals surface area (Å²) < 4.78 is 5.04. The van der Waals surface area contributed by atoms with Crippen LogP contribution in [-0.4, -0.2) is 25.3 Å². The number of aliphatic hydroxyl groups excluding tert-OH is 1. The first kappa shape index (κ1) is 12.3. The van der Waals surface area contributed by atoms with Crippen molar-refractivity contribution in [1.82, 2.24) is 5.32 Å². The maximum Gasteiger partial charge on any atom is 0.137 e. The number of aliphatic hydroxyl groups is 1. The second-order valence-corrected chi connectivity index (χ2v) is 3.82. The smallest absolute Gasteiger partial charge is 0.137 e. The van der Waals surface area contributed by atoms with Crippen LogP contribution < -0.4 is 10.1 Å². The van der Waals surface area contributed by atoms with Crippen LogP contribution in [0.5, 0.6) is 5.75 Å². The van der Waals surface area contributed by atoms with Gasteiger partial charge in [0.2, 0.25) is 0 Å². The van der Waals surface area contributed by atoms with Crippen LogP contribution in [0.4, 0.5) is 0 Å². The number of ether oxygens (including phenoxy) is 1. The van der Waals surface area contributed by atoms with Gasteiger partial charge in [0.25, 0.3) is 0 Å². The van der Waals surface area contributed by atoms with E-state index in [9.17, 15) is 5.11 Å². The summed E-state index contributed by atoms with van der Waals surface area (Å²) in [5, 5.41) is 13.4. The van der Waals surface area contributed by atoms with Crippen molar-refractivity contribution in [3.63, 3.8) is 0 Å². The van der Waals surface area contributed by atoms with Gasteiger partial charge >= 0.3 is 0 Å². The fourth-order valence-electron chi connectivity index (χ4n) is 1.31. The Morgan fingerprint density at radius 1 is 1.47 bits per heavy atom. The first-order valence-electron chi connectivity index (χ1n) is 4.79. The van der Waals surface area contributed by atoms with Crippen molar-refractivity contribution in [3.8, 4) is 5.75 Å². The third-order valence-electron chi connectivity index (χ3n) is 2.45. The van der Waals surface area contributed by atoms with Gasteiger partial charge in [-0.25, -0.2) is 0 Å². The molecule has 0 fully saturated rings. The van der Waals surface area contributed by atoms with Gasteiger partial charge in [-0.15, -0.1) is 0 Å². The second-order valence-electron chi connectivity index (χ2n) is 3.42. The Morgan fingerprint density at radius 2 is 2.13 bits per heavy atom. The van der Waals surface area contributed by atoms with Gasteiger partial charge < -0.3 is 15.2 Å².